The number of hydrogen-bond donors (Lipinski definition) is 1. The second kappa shape index (κ2) is 8.11. The van der Waals surface area contributed by atoms with E-state index >= 15 is 0 Å². The Kier molecular flexibility index (Phi) is 5.44. The first-order valence-corrected chi connectivity index (χ1v) is 9.73. The Morgan fingerprint density at radius 3 is 2.45 bits per heavy atom. The van der Waals surface area contributed by atoms with E-state index in [1.807, 2.05) is 0 Å². The van der Waals surface area contributed by atoms with Gasteiger partial charge in [-0.3, -0.25) is 4.79 Å². The van der Waals surface area contributed by atoms with Crippen LogP contribution in [0.15, 0.2) is 60.7 Å². The number of hydrogen-bond acceptors (Lipinski definition) is 3. The molecule has 0 bridgehead atoms. The Hall–Kier alpha value is -4.09. The molecule has 0 spiro atoms. The van der Waals surface area contributed by atoms with Crippen LogP contribution in [-0.2, 0) is 6.18 Å². The quantitative estimate of drug-likeness (QED) is 0.389. The summed E-state index contributed by atoms with van der Waals surface area (Å²) < 4.78 is 41.6. The third-order valence-corrected chi connectivity index (χ3v) is 5.27. The highest BCUT2D eigenvalue weighted by molar-refractivity contribution is 6.34. The molecule has 9 heteroatoms. The number of carbonyl (C=O) groups is 2. The second-order valence-corrected chi connectivity index (χ2v) is 7.40. The van der Waals surface area contributed by atoms with Crippen LogP contribution in [0.1, 0.15) is 31.8 Å². The predicted octanol–water partition coefficient (Wildman–Crippen LogP) is 5.74. The molecule has 0 saturated carbocycles. The van der Waals surface area contributed by atoms with Crippen LogP contribution in [-0.4, -0.2) is 26.8 Å². The van der Waals surface area contributed by atoms with Crippen LogP contribution in [0.2, 0.25) is 5.02 Å². The maximum atomic E-state index is 13.6. The first-order chi connectivity index (χ1) is 15.6. The molecule has 0 aliphatic heterocycles. The van der Waals surface area contributed by atoms with E-state index in [4.69, 9.17) is 18.0 Å². The van der Waals surface area contributed by atoms with Crippen molar-refractivity contribution in [1.82, 2.24) is 9.78 Å². The first-order valence-electron chi connectivity index (χ1n) is 9.35. The number of benzene rings is 3. The van der Waals surface area contributed by atoms with E-state index in [-0.39, 0.29) is 21.8 Å². The Morgan fingerprint density at radius 2 is 1.79 bits per heavy atom. The van der Waals surface area contributed by atoms with Gasteiger partial charge in [0, 0.05) is 16.5 Å². The molecule has 1 aromatic heterocycles. The lowest BCUT2D eigenvalue weighted by Gasteiger charge is -2.13. The lowest BCUT2D eigenvalue weighted by Crippen LogP contribution is -2.20. The number of alkyl halides is 3. The van der Waals surface area contributed by atoms with Gasteiger partial charge in [0.15, 0.2) is 0 Å². The summed E-state index contributed by atoms with van der Waals surface area (Å²) in [6.45, 7) is 0. The molecule has 0 radical (unpaired) electrons. The van der Waals surface area contributed by atoms with Crippen molar-refractivity contribution in [3.8, 4) is 23.6 Å². The molecule has 0 atom stereocenters. The van der Waals surface area contributed by atoms with E-state index in [0.29, 0.717) is 16.5 Å². The summed E-state index contributed by atoms with van der Waals surface area (Å²) in [6, 6.07) is 13.4. The second-order valence-electron chi connectivity index (χ2n) is 6.99. The number of aromatic nitrogens is 2. The van der Waals surface area contributed by atoms with Crippen LogP contribution >= 0.6 is 11.6 Å². The molecule has 3 aromatic carbocycles. The lowest BCUT2D eigenvalue weighted by atomic mass is 10.0. The monoisotopic (exact) mass is 468 g/mol. The molecule has 164 valence electrons. The van der Waals surface area contributed by atoms with Gasteiger partial charge in [-0.15, -0.1) is 6.42 Å². The summed E-state index contributed by atoms with van der Waals surface area (Å²) >= 11 is 6.01. The number of nitrogens with zero attached hydrogens (tertiary/aromatic N) is 2. The highest BCUT2D eigenvalue weighted by Crippen LogP contribution is 2.37. The fourth-order valence-corrected chi connectivity index (χ4v) is 3.71. The topological polar surface area (TPSA) is 72.2 Å². The van der Waals surface area contributed by atoms with E-state index in [1.165, 1.54) is 30.3 Å². The summed E-state index contributed by atoms with van der Waals surface area (Å²) in [5, 5.41) is 13.6. The Labute approximate surface area is 190 Å². The SMILES string of the molecule is C#Cc1ccc2c(-c3cccc(C(=O)O)c3)nn(C(=O)c3c(Cl)cccc3C(F)(F)F)c2c1. The predicted molar refractivity (Wildman–Crippen MR) is 116 cm³/mol. The third-order valence-electron chi connectivity index (χ3n) is 4.96. The van der Waals surface area contributed by atoms with Crippen molar-refractivity contribution >= 4 is 34.4 Å². The van der Waals surface area contributed by atoms with Gasteiger partial charge in [-0.1, -0.05) is 35.7 Å². The van der Waals surface area contributed by atoms with Gasteiger partial charge >= 0.3 is 12.1 Å². The van der Waals surface area contributed by atoms with Crippen molar-refractivity contribution in [2.24, 2.45) is 0 Å². The van der Waals surface area contributed by atoms with Crippen molar-refractivity contribution < 1.29 is 27.9 Å². The normalized spacial score (nSPS) is 11.4. The van der Waals surface area contributed by atoms with E-state index in [0.717, 1.165) is 16.8 Å². The van der Waals surface area contributed by atoms with Gasteiger partial charge in [0.05, 0.1) is 27.2 Å². The van der Waals surface area contributed by atoms with E-state index < -0.39 is 29.2 Å². The molecule has 0 aliphatic carbocycles. The molecular weight excluding hydrogens is 457 g/mol. The summed E-state index contributed by atoms with van der Waals surface area (Å²) in [5.41, 5.74) is -0.899. The third kappa shape index (κ3) is 3.95. The molecule has 33 heavy (non-hydrogen) atoms. The highest BCUT2D eigenvalue weighted by atomic mass is 35.5. The summed E-state index contributed by atoms with van der Waals surface area (Å²) in [6.07, 6.45) is 0.623. The van der Waals surface area contributed by atoms with Crippen LogP contribution in [0.5, 0.6) is 0 Å². The van der Waals surface area contributed by atoms with Gasteiger partial charge in [0.1, 0.15) is 5.69 Å². The van der Waals surface area contributed by atoms with Gasteiger partial charge in [0.25, 0.3) is 5.91 Å². The average molecular weight is 469 g/mol. The molecule has 0 aliphatic rings. The smallest absolute Gasteiger partial charge is 0.417 e. The number of carboxylic acids is 1. The fraction of sp³-hybridized carbons (Fsp3) is 0.0417. The first kappa shape index (κ1) is 22.1. The summed E-state index contributed by atoms with van der Waals surface area (Å²) in [5.74, 6) is 0.136. The van der Waals surface area contributed by atoms with Crippen LogP contribution in [0, 0.1) is 12.3 Å². The molecule has 0 unspecified atom stereocenters. The Morgan fingerprint density at radius 1 is 1.06 bits per heavy atom. The van der Waals surface area contributed by atoms with E-state index in [1.54, 1.807) is 18.2 Å². The maximum Gasteiger partial charge on any atom is 0.417 e. The van der Waals surface area contributed by atoms with Gasteiger partial charge in [-0.2, -0.15) is 23.0 Å². The zero-order chi connectivity index (χ0) is 23.9. The maximum absolute atomic E-state index is 13.6. The van der Waals surface area contributed by atoms with Gasteiger partial charge in [-0.05, 0) is 42.5 Å². The van der Waals surface area contributed by atoms with Crippen molar-refractivity contribution in [2.45, 2.75) is 6.18 Å². The fourth-order valence-electron chi connectivity index (χ4n) is 3.46. The van der Waals surface area contributed by atoms with Crippen LogP contribution < -0.4 is 0 Å². The van der Waals surface area contributed by atoms with Gasteiger partial charge < -0.3 is 5.11 Å². The highest BCUT2D eigenvalue weighted by Gasteiger charge is 2.37. The number of carbonyl (C=O) groups excluding carboxylic acids is 1. The van der Waals surface area contributed by atoms with Crippen LogP contribution in [0.3, 0.4) is 0 Å². The number of aromatic carboxylic acids is 1. The van der Waals surface area contributed by atoms with E-state index in [2.05, 4.69) is 11.0 Å². The molecule has 4 rings (SSSR count). The van der Waals surface area contributed by atoms with Crippen molar-refractivity contribution in [2.75, 3.05) is 0 Å². The molecule has 1 N–H and O–H groups in total. The standard InChI is InChI=1S/C24H12ClF3N2O3/c1-2-13-9-10-16-19(11-13)30(29-21(16)14-5-3-6-15(12-14)23(32)33)22(31)20-17(24(26,27)28)7-4-8-18(20)25/h1,3-12H,(H,32,33). The van der Waals surface area contributed by atoms with Crippen molar-refractivity contribution in [1.29, 1.82) is 0 Å². The minimum absolute atomic E-state index is 0.0211. The Bertz CT molecular complexity index is 1480. The van der Waals surface area contributed by atoms with E-state index in [9.17, 15) is 27.9 Å². The lowest BCUT2D eigenvalue weighted by molar-refractivity contribution is -0.137. The zero-order valence-electron chi connectivity index (χ0n) is 16.5. The number of rotatable bonds is 3. The number of halogens is 4. The minimum Gasteiger partial charge on any atom is -0.478 e. The molecule has 1 heterocycles. The summed E-state index contributed by atoms with van der Waals surface area (Å²) in [7, 11) is 0. The average Bonchev–Trinajstić information content (AvgIpc) is 3.16. The molecule has 0 saturated heterocycles. The largest absolute Gasteiger partial charge is 0.478 e. The molecule has 4 aromatic rings. The van der Waals surface area contributed by atoms with Crippen LogP contribution in [0.4, 0.5) is 13.2 Å². The van der Waals surface area contributed by atoms with Crippen molar-refractivity contribution in [3.63, 3.8) is 0 Å². The Balaban J connectivity index is 2.01. The zero-order valence-corrected chi connectivity index (χ0v) is 17.3. The minimum atomic E-state index is -4.83. The molecule has 0 fully saturated rings. The van der Waals surface area contributed by atoms with Gasteiger partial charge in [0.2, 0.25) is 0 Å². The van der Waals surface area contributed by atoms with Crippen LogP contribution in [0.25, 0.3) is 22.2 Å². The number of carboxylic acid groups (broad SMARTS) is 1. The number of fused-ring (bicyclic) bond motifs is 1. The summed E-state index contributed by atoms with van der Waals surface area (Å²) in [4.78, 5) is 24.7. The molecule has 0 amide bonds. The molecule has 5 nitrogen and oxygen atoms in total. The van der Waals surface area contributed by atoms with Crippen molar-refractivity contribution in [3.05, 3.63) is 87.9 Å². The van der Waals surface area contributed by atoms with Gasteiger partial charge in [-0.25, -0.2) is 4.79 Å². The number of terminal acetylenes is 1. The molecular formula is C24H12ClF3N2O3.